The fourth-order valence-electron chi connectivity index (χ4n) is 19.6. The van der Waals surface area contributed by atoms with Gasteiger partial charge in [-0.1, -0.05) is 72.8 Å². The molecule has 5 unspecified atom stereocenters. The molecule has 4 aromatic heterocycles. The number of ether oxygens (including phenoxy) is 9. The molecule has 9 aliphatic rings. The minimum Gasteiger partial charge on any atom is -0.493 e. The Bertz CT molecular complexity index is 6040. The Morgan fingerprint density at radius 1 is 0.417 bits per heavy atom. The molecular formula is C108H125N5O18S. The molecule has 132 heavy (non-hydrogen) atoms. The van der Waals surface area contributed by atoms with Crippen molar-refractivity contribution in [3.63, 3.8) is 0 Å². The van der Waals surface area contributed by atoms with E-state index in [1.807, 2.05) is 118 Å². The Balaban J connectivity index is 0.000000127. The van der Waals surface area contributed by atoms with Gasteiger partial charge in [0, 0.05) is 67.8 Å². The number of methoxy groups -OCH3 is 3. The predicted octanol–water partition coefficient (Wildman–Crippen LogP) is 20.3. The van der Waals surface area contributed by atoms with Gasteiger partial charge in [-0.3, -0.25) is 29.6 Å². The molecule has 0 bridgehead atoms. The van der Waals surface area contributed by atoms with Crippen LogP contribution in [0.2, 0.25) is 0 Å². The molecule has 10 aromatic rings. The third kappa shape index (κ3) is 21.8. The number of aliphatic carboxylic acids is 1. The standard InChI is InChI=1S/C26H33NO4.C25H31NO4.C22H25NO4.C22H25NO3.C13H11NO3S/c1-16-22(24(25(28)29-5)31-26(2,3)4)23(19-10-6-7-11-20(19)27-16)18-12-13-21-17(15-18)9-8-14-30-21;1-15-21(23(24(27)28)30-25(2,3)4)22(18-9-5-6-10-19(18)26-15)17-11-12-20-16(14-17)8-7-13-29-20;1-13-19(21(24)22(25)26-2)20(16-7-3-4-8-17(16)23-13)15-9-10-18-14(12-15)6-5-11-27-18;1-14-18(13-21(24)25-2)22(17-7-3-4-8-19(17)23-14)16-9-10-20-15(12-16)6-5-11-26-20;15-18(16,12-9-5-2-6-10-12)14-13(17-14)11-7-3-1-4-8-11/h12-13,15,24H,6-11,14H2,1-5H3;11-12,14,23H,5-10,13H2,1-4H3,(H,27,28);9-10,12,21,24H,3-8,11H2,1-2H3;9-10,12H,3-8,11,13H2,1-2H3;1-10,13H. The molecule has 23 nitrogen and oxygen atoms in total. The average Bonchev–Trinajstić information content (AvgIpc) is 1.14. The second-order valence-electron chi connectivity index (χ2n) is 37.3. The van der Waals surface area contributed by atoms with Crippen LogP contribution in [0.4, 0.5) is 0 Å². The van der Waals surface area contributed by atoms with E-state index in [0.29, 0.717) is 16.8 Å². The van der Waals surface area contributed by atoms with Gasteiger partial charge in [-0.05, 0) is 383 Å². The highest BCUT2D eigenvalue weighted by Crippen LogP contribution is 2.49. The Kier molecular flexibility index (Phi) is 30.3. The number of fused-ring (bicyclic) bond motifs is 8. The van der Waals surface area contributed by atoms with Gasteiger partial charge in [-0.15, -0.1) is 0 Å². The lowest BCUT2D eigenvalue weighted by Crippen LogP contribution is -2.30. The van der Waals surface area contributed by atoms with E-state index in [1.165, 1.54) is 89.9 Å². The Labute approximate surface area is 776 Å². The third-order valence-corrected chi connectivity index (χ3v) is 27.4. The van der Waals surface area contributed by atoms with Gasteiger partial charge in [-0.2, -0.15) is 0 Å². The van der Waals surface area contributed by atoms with E-state index >= 15 is 0 Å². The fourth-order valence-corrected chi connectivity index (χ4v) is 20.9. The molecule has 5 atom stereocenters. The van der Waals surface area contributed by atoms with Crippen molar-refractivity contribution in [3.8, 4) is 67.5 Å². The number of sulfonamides is 1. The molecule has 6 aromatic carbocycles. The lowest BCUT2D eigenvalue weighted by Gasteiger charge is -2.31. The summed E-state index contributed by atoms with van der Waals surface area (Å²) < 4.78 is 75.8. The number of carbonyl (C=O) groups excluding carboxylic acids is 3. The van der Waals surface area contributed by atoms with Crippen LogP contribution in [0.3, 0.4) is 0 Å². The number of aliphatic hydroxyl groups excluding tert-OH is 1. The molecule has 696 valence electrons. The number of hydroxylamine groups is 1. The number of aliphatic hydroxyl groups is 1. The minimum atomic E-state index is -3.55. The van der Waals surface area contributed by atoms with Crippen LogP contribution in [-0.4, -0.2) is 126 Å². The molecule has 1 fully saturated rings. The van der Waals surface area contributed by atoms with Gasteiger partial charge >= 0.3 is 23.9 Å². The SMILES string of the molecule is COC(=O)C(O)c1c(C)nc2c(c1-c1ccc3c(c1)CCCO3)CCCC2.COC(=O)C(OC(C)(C)C)c1c(C)nc2c(c1-c1ccc3c(c1)CCCO3)CCCC2.COC(=O)Cc1c(C)nc2c(c1-c1ccc3c(c1)CCCO3)CCCC2.Cc1nc2c(c(-c3ccc4c(c3)CCCO4)c1C(OC(C)(C)C)C(=O)O)CCCC2.O=S(=O)(c1ccccc1)N1OC1c1ccccc1. The van der Waals surface area contributed by atoms with Crippen LogP contribution in [0, 0.1) is 27.7 Å². The maximum atomic E-state index is 12.9. The number of hydrogen-bond donors (Lipinski definition) is 2. The summed E-state index contributed by atoms with van der Waals surface area (Å²) in [6.07, 6.45) is 21.4. The second kappa shape index (κ2) is 41.9. The summed E-state index contributed by atoms with van der Waals surface area (Å²) in [5.41, 5.74) is 28.9. The van der Waals surface area contributed by atoms with Crippen molar-refractivity contribution in [2.24, 2.45) is 0 Å². The van der Waals surface area contributed by atoms with Crippen molar-refractivity contribution < 1.29 is 85.3 Å². The average molecular weight is 1810 g/mol. The molecule has 0 amide bonds. The molecule has 24 heteroatoms. The van der Waals surface area contributed by atoms with Crippen LogP contribution in [0.25, 0.3) is 44.5 Å². The van der Waals surface area contributed by atoms with Gasteiger partial charge in [0.05, 0.1) is 70.3 Å². The third-order valence-electron chi connectivity index (χ3n) is 25.7. The first-order valence-corrected chi connectivity index (χ1v) is 48.4. The maximum absolute atomic E-state index is 12.9. The fraction of sp³-hybridized carbons (Fsp3) is 0.444. The lowest BCUT2D eigenvalue weighted by molar-refractivity contribution is -0.164. The van der Waals surface area contributed by atoms with E-state index in [0.717, 1.165) is 285 Å². The number of carboxylic acid groups (broad SMARTS) is 1. The first-order valence-electron chi connectivity index (χ1n) is 46.9. The highest BCUT2D eigenvalue weighted by Gasteiger charge is 2.49. The summed E-state index contributed by atoms with van der Waals surface area (Å²) in [6.45, 7) is 22.4. The van der Waals surface area contributed by atoms with Crippen LogP contribution in [0.15, 0.2) is 138 Å². The van der Waals surface area contributed by atoms with Crippen molar-refractivity contribution in [1.29, 1.82) is 0 Å². The summed E-state index contributed by atoms with van der Waals surface area (Å²) in [5.74, 6) is 1.59. The smallest absolute Gasteiger partial charge is 0.339 e. The van der Waals surface area contributed by atoms with Gasteiger partial charge in [0.15, 0.2) is 24.5 Å². The number of pyridine rings is 4. The van der Waals surface area contributed by atoms with Crippen molar-refractivity contribution in [2.45, 2.75) is 270 Å². The number of rotatable bonds is 17. The number of aromatic nitrogens is 4. The molecule has 4 aliphatic carbocycles. The molecule has 0 saturated carbocycles. The van der Waals surface area contributed by atoms with E-state index in [2.05, 4.69) is 54.6 Å². The highest BCUT2D eigenvalue weighted by atomic mass is 32.2. The summed E-state index contributed by atoms with van der Waals surface area (Å²) in [5, 5.41) is 20.8. The van der Waals surface area contributed by atoms with E-state index in [-0.39, 0.29) is 17.3 Å². The monoisotopic (exact) mass is 1810 g/mol. The quantitative estimate of drug-likeness (QED) is 0.0486. The maximum Gasteiger partial charge on any atom is 0.339 e. The Hall–Kier alpha value is -11.3. The zero-order valence-electron chi connectivity index (χ0n) is 78.6. The van der Waals surface area contributed by atoms with Crippen molar-refractivity contribution >= 4 is 33.9 Å². The van der Waals surface area contributed by atoms with Gasteiger partial charge in [0.1, 0.15) is 23.0 Å². The highest BCUT2D eigenvalue weighted by molar-refractivity contribution is 7.89. The number of aryl methyl sites for hydroxylation is 12. The number of carbonyl (C=O) groups is 4. The van der Waals surface area contributed by atoms with E-state index in [1.54, 1.807) is 30.3 Å². The van der Waals surface area contributed by atoms with Gasteiger partial charge in [-0.25, -0.2) is 22.8 Å². The Morgan fingerprint density at radius 3 is 1.14 bits per heavy atom. The van der Waals surface area contributed by atoms with Crippen molar-refractivity contribution in [3.05, 3.63) is 251 Å². The number of nitrogens with zero attached hydrogens (tertiary/aromatic N) is 5. The second-order valence-corrected chi connectivity index (χ2v) is 39.1. The summed E-state index contributed by atoms with van der Waals surface area (Å²) in [7, 11) is 0.601. The first-order chi connectivity index (χ1) is 63.5. The number of carboxylic acids is 1. The zero-order chi connectivity index (χ0) is 93.3. The topological polar surface area (TPSA) is 293 Å². The van der Waals surface area contributed by atoms with Gasteiger partial charge in [0.25, 0.3) is 10.0 Å². The van der Waals surface area contributed by atoms with Gasteiger partial charge in [0.2, 0.25) is 0 Å². The predicted molar refractivity (Wildman–Crippen MR) is 505 cm³/mol. The van der Waals surface area contributed by atoms with Crippen molar-refractivity contribution in [2.75, 3.05) is 47.8 Å². The molecule has 5 aliphatic heterocycles. The van der Waals surface area contributed by atoms with Gasteiger partial charge < -0.3 is 52.8 Å². The molecular weight excluding hydrogens is 1690 g/mol. The lowest BCUT2D eigenvalue weighted by atomic mass is 9.83. The minimum absolute atomic E-state index is 0.215. The number of esters is 3. The molecule has 0 radical (unpaired) electrons. The zero-order valence-corrected chi connectivity index (χ0v) is 79.4. The van der Waals surface area contributed by atoms with Crippen LogP contribution in [-0.2, 0) is 141 Å². The summed E-state index contributed by atoms with van der Waals surface area (Å²) in [6, 6.07) is 42.8. The van der Waals surface area contributed by atoms with Crippen molar-refractivity contribution in [1.82, 2.24) is 24.4 Å². The normalized spacial score (nSPS) is 17.3. The molecule has 19 rings (SSSR count). The summed E-state index contributed by atoms with van der Waals surface area (Å²) in [4.78, 5) is 74.2. The summed E-state index contributed by atoms with van der Waals surface area (Å²) >= 11 is 0. The van der Waals surface area contributed by atoms with E-state index in [9.17, 15) is 37.8 Å². The number of benzene rings is 6. The van der Waals surface area contributed by atoms with E-state index < -0.39 is 63.7 Å². The first kappa shape index (κ1) is 95.4. The molecule has 0 spiro atoms. The largest absolute Gasteiger partial charge is 0.493 e. The molecule has 2 N–H and O–H groups in total. The van der Waals surface area contributed by atoms with Crippen LogP contribution < -0.4 is 18.9 Å². The van der Waals surface area contributed by atoms with E-state index in [4.69, 9.17) is 67.4 Å². The Morgan fingerprint density at radius 2 is 0.758 bits per heavy atom. The van der Waals surface area contributed by atoms with Crippen LogP contribution in [0.1, 0.15) is 261 Å². The van der Waals surface area contributed by atoms with Crippen LogP contribution in [0.5, 0.6) is 23.0 Å². The molecule has 9 heterocycles. The van der Waals surface area contributed by atoms with Crippen LogP contribution >= 0.6 is 0 Å². The number of hydrogen-bond acceptors (Lipinski definition) is 21. The molecule has 1 saturated heterocycles.